The Balaban J connectivity index is 0.000000113. The minimum atomic E-state index is -0.289. The molecule has 0 heterocycles. The lowest BCUT2D eigenvalue weighted by Gasteiger charge is -2.61. The number of carbonyl (C=O) groups is 3. The first-order valence-corrected chi connectivity index (χ1v) is 40.5. The van der Waals surface area contributed by atoms with Crippen molar-refractivity contribution in [3.63, 3.8) is 0 Å². The number of hydrogen-bond acceptors (Lipinski definition) is 9. The van der Waals surface area contributed by atoms with E-state index in [-0.39, 0.29) is 59.7 Å². The number of Topliss-reactive ketones (excluding diaryl/α,β-unsaturated/α-hetero) is 3. The van der Waals surface area contributed by atoms with Gasteiger partial charge in [-0.15, -0.1) is 0 Å². The van der Waals surface area contributed by atoms with Crippen LogP contribution in [0, 0.1) is 162 Å². The highest BCUT2D eigenvalue weighted by Crippen LogP contribution is 2.73. The van der Waals surface area contributed by atoms with Crippen LogP contribution in [0.2, 0.25) is 0 Å². The third-order valence-corrected chi connectivity index (χ3v) is 36.7. The van der Waals surface area contributed by atoms with E-state index in [1.165, 1.54) is 148 Å². The van der Waals surface area contributed by atoms with Gasteiger partial charge in [0, 0.05) is 24.7 Å². The molecule has 0 aromatic carbocycles. The van der Waals surface area contributed by atoms with Gasteiger partial charge in [0.2, 0.25) is 0 Å². The highest BCUT2D eigenvalue weighted by Gasteiger charge is 2.66. The largest absolute Gasteiger partial charge is 0.393 e. The van der Waals surface area contributed by atoms with E-state index in [2.05, 4.69) is 55.4 Å². The topological polar surface area (TPSA) is 173 Å². The standard InChI is InChI=1S/C21H32O3.2C21H36O2.C21H34O2/c1-20-9-7-14(23)11-13(20)3-4-15-16-5-6-18(19(24)12-22)21(16,2)10-8-17(15)20;3*1-13(22)17-6-7-18-16-5-4-14-12-15(23)8-10-20(14,2)19(16)9-11-21(17,18)3/h13,15-18,22H,3-12H2,1-2H3;2*13-19,22-23H,4-12H2,1-3H3;14-19,23H,4-12H2,1-3H3/t13-,15-,16-,17-,18+,20-,21-;13-,14+,15+,16-,17+,18-,19-,20-,21+;13-,14-,15+,16-,17+,18-,19-,20-,21+;14-,15+,16-,17+,18-,19-,20-,21+/m0000/s1. The molecule has 0 aromatic heterocycles. The van der Waals surface area contributed by atoms with Gasteiger partial charge in [0.15, 0.2) is 5.78 Å². The average Bonchev–Trinajstić information content (AvgIpc) is 1.73. The summed E-state index contributed by atoms with van der Waals surface area (Å²) >= 11 is 0. The van der Waals surface area contributed by atoms with E-state index < -0.39 is 0 Å². The van der Waals surface area contributed by atoms with Crippen LogP contribution in [0.3, 0.4) is 0 Å². The fraction of sp³-hybridized carbons (Fsp3) is 0.964. The molecule has 0 bridgehead atoms. The smallest absolute Gasteiger partial charge is 0.161 e. The summed E-state index contributed by atoms with van der Waals surface area (Å²) in [5.41, 5.74) is 2.91. The predicted molar refractivity (Wildman–Crippen MR) is 370 cm³/mol. The molecule has 0 aliphatic heterocycles. The minimum absolute atomic E-state index is 0.0374. The summed E-state index contributed by atoms with van der Waals surface area (Å²) in [7, 11) is 0. The molecule has 528 valence electrons. The van der Waals surface area contributed by atoms with Crippen LogP contribution < -0.4 is 0 Å². The van der Waals surface area contributed by atoms with Gasteiger partial charge in [0.05, 0.1) is 30.5 Å². The zero-order chi connectivity index (χ0) is 66.3. The van der Waals surface area contributed by atoms with Gasteiger partial charge >= 0.3 is 0 Å². The molecule has 6 N–H and O–H groups in total. The van der Waals surface area contributed by atoms with Crippen molar-refractivity contribution in [2.45, 2.75) is 338 Å². The number of hydrogen-bond donors (Lipinski definition) is 6. The Kier molecular flexibility index (Phi) is 19.6. The van der Waals surface area contributed by atoms with Crippen LogP contribution in [0.5, 0.6) is 0 Å². The Hall–Kier alpha value is -1.23. The molecule has 0 saturated heterocycles. The monoisotopic (exact) mass is 1290 g/mol. The summed E-state index contributed by atoms with van der Waals surface area (Å²) in [6.07, 6.45) is 42.7. The highest BCUT2D eigenvalue weighted by molar-refractivity contribution is 5.83. The van der Waals surface area contributed by atoms with Crippen LogP contribution in [0.25, 0.3) is 0 Å². The summed E-state index contributed by atoms with van der Waals surface area (Å²) in [5.74, 6) is 15.1. The maximum atomic E-state index is 12.3. The first-order chi connectivity index (χ1) is 44.0. The van der Waals surface area contributed by atoms with Crippen molar-refractivity contribution in [2.24, 2.45) is 162 Å². The fourth-order valence-electron chi connectivity index (χ4n) is 31.7. The maximum absolute atomic E-state index is 12.3. The Morgan fingerprint density at radius 2 is 0.677 bits per heavy atom. The third-order valence-electron chi connectivity index (χ3n) is 36.7. The van der Waals surface area contributed by atoms with E-state index >= 15 is 0 Å². The van der Waals surface area contributed by atoms with Gasteiger partial charge in [-0.3, -0.25) is 14.4 Å². The Morgan fingerprint density at radius 3 is 1.04 bits per heavy atom. The quantitative estimate of drug-likeness (QED) is 0.157. The van der Waals surface area contributed by atoms with Crippen molar-refractivity contribution in [3.05, 3.63) is 0 Å². The zero-order valence-electron chi connectivity index (χ0n) is 61.0. The van der Waals surface area contributed by atoms with Crippen molar-refractivity contribution in [3.8, 4) is 0 Å². The van der Waals surface area contributed by atoms with Gasteiger partial charge < -0.3 is 30.6 Å². The Labute approximate surface area is 565 Å². The summed E-state index contributed by atoms with van der Waals surface area (Å²) < 4.78 is 0. The molecule has 16 saturated carbocycles. The molecule has 0 aromatic rings. The molecular weight excluding hydrogens is 1150 g/mol. The molecule has 16 aliphatic rings. The summed E-state index contributed by atoms with van der Waals surface area (Å²) in [6, 6.07) is 0. The predicted octanol–water partition coefficient (Wildman–Crippen LogP) is 17.1. The zero-order valence-corrected chi connectivity index (χ0v) is 61.0. The van der Waals surface area contributed by atoms with Crippen LogP contribution in [-0.4, -0.2) is 85.1 Å². The van der Waals surface area contributed by atoms with Gasteiger partial charge in [-0.1, -0.05) is 55.4 Å². The second-order valence-corrected chi connectivity index (χ2v) is 39.7. The number of ketones is 3. The van der Waals surface area contributed by atoms with Crippen molar-refractivity contribution in [1.29, 1.82) is 0 Å². The normalized spacial score (nSPS) is 55.2. The van der Waals surface area contributed by atoms with Gasteiger partial charge in [0.25, 0.3) is 0 Å². The van der Waals surface area contributed by atoms with Crippen LogP contribution in [0.4, 0.5) is 0 Å². The van der Waals surface area contributed by atoms with Gasteiger partial charge in [-0.25, -0.2) is 0 Å². The van der Waals surface area contributed by atoms with Crippen molar-refractivity contribution < 1.29 is 45.0 Å². The van der Waals surface area contributed by atoms with Gasteiger partial charge in [0.1, 0.15) is 18.2 Å². The molecular formula is C84H138O9. The number of aliphatic hydroxyl groups excluding tert-OH is 6. The second kappa shape index (κ2) is 26.0. The highest BCUT2D eigenvalue weighted by atomic mass is 16.3. The molecule has 33 atom stereocenters. The number of aliphatic hydroxyl groups is 6. The molecule has 0 unspecified atom stereocenters. The molecule has 0 radical (unpaired) electrons. The number of carbonyl (C=O) groups excluding carboxylic acids is 3. The SMILES string of the molecule is CC(=O)[C@H]1CC[C@H]2[C@@H]3CC[C@H]4C[C@H](O)CC[C@]4(C)[C@H]3CC[C@]12C.C[C@H](O)[C@H]1CC[C@H]2[C@@H]3CC[C@@H]4C[C@H](O)CC[C@]4(C)[C@H]3CC[C@]12C.C[C@H](O)[C@H]1CC[C@H]2[C@@H]3CC[C@H]4C[C@H](O)CC[C@]4(C)[C@H]3CC[C@]12C.C[C@]12CCC(=O)C[C@@H]1CC[C@@H]1[C@@H]2CC[C@]2(C)[C@@H](C(=O)CO)CC[C@@H]12. The lowest BCUT2D eigenvalue weighted by Crippen LogP contribution is -2.54. The van der Waals surface area contributed by atoms with Crippen molar-refractivity contribution in [1.82, 2.24) is 0 Å². The molecule has 16 rings (SSSR count). The number of rotatable bonds is 5. The average molecular weight is 1290 g/mol. The van der Waals surface area contributed by atoms with Crippen LogP contribution >= 0.6 is 0 Å². The van der Waals surface area contributed by atoms with E-state index in [4.69, 9.17) is 0 Å². The minimum Gasteiger partial charge on any atom is -0.393 e. The summed E-state index contributed by atoms with van der Waals surface area (Å²) in [5, 5.41) is 60.3. The van der Waals surface area contributed by atoms with E-state index in [0.717, 1.165) is 166 Å². The van der Waals surface area contributed by atoms with E-state index in [9.17, 15) is 45.0 Å². The van der Waals surface area contributed by atoms with E-state index in [1.807, 2.05) is 20.8 Å². The molecule has 0 spiro atoms. The number of fused-ring (bicyclic) bond motifs is 20. The first-order valence-electron chi connectivity index (χ1n) is 40.5. The van der Waals surface area contributed by atoms with E-state index in [1.54, 1.807) is 0 Å². The molecule has 9 heteroatoms. The maximum Gasteiger partial charge on any atom is 0.161 e. The Bertz CT molecular complexity index is 2600. The second-order valence-electron chi connectivity index (χ2n) is 39.7. The van der Waals surface area contributed by atoms with Crippen LogP contribution in [-0.2, 0) is 14.4 Å². The lowest BCUT2D eigenvalue weighted by molar-refractivity contribution is -0.144. The van der Waals surface area contributed by atoms with Gasteiger partial charge in [-0.05, 0) is 389 Å². The molecule has 93 heavy (non-hydrogen) atoms. The molecule has 0 amide bonds. The van der Waals surface area contributed by atoms with Gasteiger partial charge in [-0.2, -0.15) is 0 Å². The summed E-state index contributed by atoms with van der Waals surface area (Å²) in [4.78, 5) is 36.4. The molecule has 9 nitrogen and oxygen atoms in total. The summed E-state index contributed by atoms with van der Waals surface area (Å²) in [6.45, 7) is 25.5. The van der Waals surface area contributed by atoms with Crippen LogP contribution in [0.15, 0.2) is 0 Å². The van der Waals surface area contributed by atoms with Crippen molar-refractivity contribution in [2.75, 3.05) is 6.61 Å². The fourth-order valence-corrected chi connectivity index (χ4v) is 31.7. The van der Waals surface area contributed by atoms with Crippen molar-refractivity contribution >= 4 is 17.3 Å². The molecule has 16 fully saturated rings. The third kappa shape index (κ3) is 11.6. The molecule has 16 aliphatic carbocycles. The van der Waals surface area contributed by atoms with E-state index in [0.29, 0.717) is 73.6 Å². The van der Waals surface area contributed by atoms with Crippen LogP contribution in [0.1, 0.15) is 307 Å². The Morgan fingerprint density at radius 1 is 0.376 bits per heavy atom. The first kappa shape index (κ1) is 70.2. The lowest BCUT2D eigenvalue weighted by atomic mass is 9.44.